The Labute approximate surface area is 122 Å². The van der Waals surface area contributed by atoms with E-state index in [2.05, 4.69) is 21.9 Å². The quantitative estimate of drug-likeness (QED) is 0.855. The highest BCUT2D eigenvalue weighted by Gasteiger charge is 2.25. The maximum atomic E-state index is 5.73. The summed E-state index contributed by atoms with van der Waals surface area (Å²) in [6.07, 6.45) is 6.70. The van der Waals surface area contributed by atoms with Gasteiger partial charge in [-0.25, -0.2) is 0 Å². The van der Waals surface area contributed by atoms with E-state index in [0.717, 1.165) is 18.2 Å². The fourth-order valence-corrected chi connectivity index (χ4v) is 3.59. The van der Waals surface area contributed by atoms with Crippen molar-refractivity contribution in [1.82, 2.24) is 9.80 Å². The third kappa shape index (κ3) is 3.53. The summed E-state index contributed by atoms with van der Waals surface area (Å²) >= 11 is 0. The summed E-state index contributed by atoms with van der Waals surface area (Å²) in [4.78, 5) is 5.35. The maximum Gasteiger partial charge on any atom is 0.0314 e. The number of likely N-dealkylation sites (tertiary alicyclic amines) is 2. The monoisotopic (exact) mass is 273 g/mol. The molecule has 0 unspecified atom stereocenters. The van der Waals surface area contributed by atoms with Crippen LogP contribution in [0.3, 0.4) is 0 Å². The van der Waals surface area contributed by atoms with Gasteiger partial charge in [0.25, 0.3) is 0 Å². The highest BCUT2D eigenvalue weighted by atomic mass is 15.2. The van der Waals surface area contributed by atoms with Crippen molar-refractivity contribution in [2.24, 2.45) is 0 Å². The summed E-state index contributed by atoms with van der Waals surface area (Å²) in [6.45, 7) is 6.43. The van der Waals surface area contributed by atoms with Gasteiger partial charge >= 0.3 is 0 Å². The number of nitrogens with zero attached hydrogens (tertiary/aromatic N) is 2. The molecule has 2 heterocycles. The topological polar surface area (TPSA) is 32.5 Å². The summed E-state index contributed by atoms with van der Waals surface area (Å²) in [6, 6.07) is 9.20. The van der Waals surface area contributed by atoms with Crippen LogP contribution >= 0.6 is 0 Å². The molecule has 3 rings (SSSR count). The van der Waals surface area contributed by atoms with Crippen LogP contribution in [-0.2, 0) is 6.42 Å². The molecular formula is C17H27N3. The molecule has 0 bridgehead atoms. The van der Waals surface area contributed by atoms with Crippen LogP contribution in [0.15, 0.2) is 24.3 Å². The Morgan fingerprint density at radius 3 is 2.25 bits per heavy atom. The first-order valence-corrected chi connectivity index (χ1v) is 8.12. The molecule has 3 heteroatoms. The van der Waals surface area contributed by atoms with E-state index in [1.165, 1.54) is 64.0 Å². The molecule has 0 radical (unpaired) electrons. The van der Waals surface area contributed by atoms with Crippen LogP contribution in [0.4, 0.5) is 5.69 Å². The van der Waals surface area contributed by atoms with E-state index in [1.807, 2.05) is 12.1 Å². The zero-order valence-corrected chi connectivity index (χ0v) is 12.4. The summed E-state index contributed by atoms with van der Waals surface area (Å²) in [5.41, 5.74) is 7.99. The lowest BCUT2D eigenvalue weighted by Gasteiger charge is -2.36. The van der Waals surface area contributed by atoms with Gasteiger partial charge in [0.1, 0.15) is 0 Å². The first-order chi connectivity index (χ1) is 9.81. The molecular weight excluding hydrogens is 246 g/mol. The van der Waals surface area contributed by atoms with Crippen LogP contribution in [0.1, 0.15) is 31.2 Å². The zero-order valence-electron chi connectivity index (χ0n) is 12.4. The van der Waals surface area contributed by atoms with E-state index in [9.17, 15) is 0 Å². The van der Waals surface area contributed by atoms with Gasteiger partial charge in [-0.3, -0.25) is 0 Å². The van der Waals surface area contributed by atoms with Crippen molar-refractivity contribution < 1.29 is 0 Å². The third-order valence-corrected chi connectivity index (χ3v) is 4.91. The Kier molecular flexibility index (Phi) is 4.58. The molecule has 1 aromatic carbocycles. The van der Waals surface area contributed by atoms with Crippen molar-refractivity contribution in [3.8, 4) is 0 Å². The lowest BCUT2D eigenvalue weighted by Crippen LogP contribution is -2.44. The van der Waals surface area contributed by atoms with Crippen molar-refractivity contribution in [3.63, 3.8) is 0 Å². The largest absolute Gasteiger partial charge is 0.399 e. The van der Waals surface area contributed by atoms with E-state index in [0.29, 0.717) is 0 Å². The molecule has 2 fully saturated rings. The van der Waals surface area contributed by atoms with Gasteiger partial charge in [-0.05, 0) is 76.0 Å². The fourth-order valence-electron chi connectivity index (χ4n) is 3.59. The lowest BCUT2D eigenvalue weighted by atomic mass is 10.0. The maximum absolute atomic E-state index is 5.73. The highest BCUT2D eigenvalue weighted by molar-refractivity contribution is 5.39. The SMILES string of the molecule is Nc1ccc(CCN2CCC(N3CCCC3)CC2)cc1. The first-order valence-electron chi connectivity index (χ1n) is 8.12. The minimum absolute atomic E-state index is 0.861. The second-order valence-electron chi connectivity index (χ2n) is 6.31. The first kappa shape index (κ1) is 13.9. The number of benzene rings is 1. The van der Waals surface area contributed by atoms with Crippen molar-refractivity contribution >= 4 is 5.69 Å². The summed E-state index contributed by atoms with van der Waals surface area (Å²) in [5, 5.41) is 0. The molecule has 2 N–H and O–H groups in total. The molecule has 2 aliphatic heterocycles. The molecule has 0 aromatic heterocycles. The summed E-state index contributed by atoms with van der Waals surface area (Å²) in [7, 11) is 0. The number of nitrogen functional groups attached to an aromatic ring is 1. The lowest BCUT2D eigenvalue weighted by molar-refractivity contribution is 0.128. The van der Waals surface area contributed by atoms with Gasteiger partial charge in [-0.1, -0.05) is 12.1 Å². The predicted molar refractivity (Wildman–Crippen MR) is 84.8 cm³/mol. The van der Waals surface area contributed by atoms with Gasteiger partial charge in [-0.15, -0.1) is 0 Å². The van der Waals surface area contributed by atoms with E-state index < -0.39 is 0 Å². The molecule has 2 aliphatic rings. The predicted octanol–water partition coefficient (Wildman–Crippen LogP) is 2.37. The molecule has 110 valence electrons. The Hall–Kier alpha value is -1.06. The zero-order chi connectivity index (χ0) is 13.8. The molecule has 1 aromatic rings. The molecule has 0 spiro atoms. The van der Waals surface area contributed by atoms with Crippen LogP contribution in [0, 0.1) is 0 Å². The van der Waals surface area contributed by atoms with Crippen molar-refractivity contribution in [2.45, 2.75) is 38.1 Å². The molecule has 3 nitrogen and oxygen atoms in total. The van der Waals surface area contributed by atoms with Gasteiger partial charge < -0.3 is 15.5 Å². The van der Waals surface area contributed by atoms with Crippen LogP contribution in [0.5, 0.6) is 0 Å². The Morgan fingerprint density at radius 1 is 0.950 bits per heavy atom. The minimum Gasteiger partial charge on any atom is -0.399 e. The van der Waals surface area contributed by atoms with Crippen LogP contribution in [-0.4, -0.2) is 48.6 Å². The number of hydrogen-bond donors (Lipinski definition) is 1. The molecule has 0 saturated carbocycles. The van der Waals surface area contributed by atoms with Crippen molar-refractivity contribution in [2.75, 3.05) is 38.5 Å². The Bertz CT molecular complexity index is 401. The molecule has 20 heavy (non-hydrogen) atoms. The van der Waals surface area contributed by atoms with E-state index in [1.54, 1.807) is 0 Å². The number of nitrogens with two attached hydrogens (primary N) is 1. The number of hydrogen-bond acceptors (Lipinski definition) is 3. The smallest absolute Gasteiger partial charge is 0.0314 e. The second-order valence-corrected chi connectivity index (χ2v) is 6.31. The van der Waals surface area contributed by atoms with Gasteiger partial charge in [0.2, 0.25) is 0 Å². The third-order valence-electron chi connectivity index (χ3n) is 4.91. The van der Waals surface area contributed by atoms with E-state index in [4.69, 9.17) is 5.73 Å². The van der Waals surface area contributed by atoms with Gasteiger partial charge in [-0.2, -0.15) is 0 Å². The van der Waals surface area contributed by atoms with Gasteiger partial charge in [0.05, 0.1) is 0 Å². The van der Waals surface area contributed by atoms with Crippen LogP contribution < -0.4 is 5.73 Å². The van der Waals surface area contributed by atoms with E-state index >= 15 is 0 Å². The second kappa shape index (κ2) is 6.59. The highest BCUT2D eigenvalue weighted by Crippen LogP contribution is 2.21. The number of anilines is 1. The number of rotatable bonds is 4. The van der Waals surface area contributed by atoms with Crippen LogP contribution in [0.25, 0.3) is 0 Å². The van der Waals surface area contributed by atoms with Gasteiger partial charge in [0, 0.05) is 18.3 Å². The molecule has 2 saturated heterocycles. The molecule has 0 atom stereocenters. The summed E-state index contributed by atoms with van der Waals surface area (Å²) in [5.74, 6) is 0. The summed E-state index contributed by atoms with van der Waals surface area (Å²) < 4.78 is 0. The minimum atomic E-state index is 0.861. The average molecular weight is 273 g/mol. The van der Waals surface area contributed by atoms with Gasteiger partial charge in [0.15, 0.2) is 0 Å². The van der Waals surface area contributed by atoms with Crippen LogP contribution in [0.2, 0.25) is 0 Å². The Morgan fingerprint density at radius 2 is 1.60 bits per heavy atom. The van der Waals surface area contributed by atoms with E-state index in [-0.39, 0.29) is 0 Å². The van der Waals surface area contributed by atoms with Crippen molar-refractivity contribution in [1.29, 1.82) is 0 Å². The normalized spacial score (nSPS) is 22.4. The number of piperidine rings is 1. The molecule has 0 aliphatic carbocycles. The average Bonchev–Trinajstić information content (AvgIpc) is 3.01. The Balaban J connectivity index is 1.41. The standard InChI is InChI=1S/C17H27N3/c18-16-5-3-15(4-6-16)7-12-19-13-8-17(9-14-19)20-10-1-2-11-20/h3-6,17H,1-2,7-14,18H2. The molecule has 0 amide bonds. The fraction of sp³-hybridized carbons (Fsp3) is 0.647. The van der Waals surface area contributed by atoms with Crippen molar-refractivity contribution in [3.05, 3.63) is 29.8 Å².